The molecule has 3 nitrogen and oxygen atoms in total. The average Bonchev–Trinajstić information content (AvgIpc) is 3.18. The smallest absolute Gasteiger partial charge is 0.220 e. The molecular weight excluding hydrogens is 286 g/mol. The van der Waals surface area contributed by atoms with Gasteiger partial charge in [0.05, 0.1) is 0 Å². The monoisotopic (exact) mass is 317 g/mol. The molecule has 1 amide bonds. The number of nitrogens with one attached hydrogen (secondary N) is 1. The Bertz CT molecular complexity index is 552. The van der Waals surface area contributed by atoms with E-state index in [2.05, 4.69) is 59.0 Å². The van der Waals surface area contributed by atoms with Crippen molar-refractivity contribution in [1.82, 2.24) is 5.32 Å². The van der Waals surface area contributed by atoms with E-state index in [4.69, 9.17) is 0 Å². The number of benzene rings is 1. The topological polar surface area (TPSA) is 49.3 Å². The molecule has 0 aromatic heterocycles. The second-order valence-corrected chi connectivity index (χ2v) is 8.88. The zero-order valence-electron chi connectivity index (χ0n) is 15.4. The first-order valence-electron chi connectivity index (χ1n) is 8.64. The lowest BCUT2D eigenvalue weighted by molar-refractivity contribution is -0.121. The average molecular weight is 317 g/mol. The van der Waals surface area contributed by atoms with Gasteiger partial charge in [-0.1, -0.05) is 53.7 Å². The van der Waals surface area contributed by atoms with Crippen molar-refractivity contribution in [2.24, 2.45) is 0 Å². The molecule has 1 saturated carbocycles. The van der Waals surface area contributed by atoms with Crippen molar-refractivity contribution in [3.8, 4) is 5.75 Å². The molecule has 2 rings (SSSR count). The highest BCUT2D eigenvalue weighted by Gasteiger charge is 2.27. The summed E-state index contributed by atoms with van der Waals surface area (Å²) in [5, 5.41) is 13.7. The van der Waals surface area contributed by atoms with E-state index < -0.39 is 0 Å². The fourth-order valence-corrected chi connectivity index (χ4v) is 2.77. The number of carbonyl (C=O) groups excluding carboxylic acids is 1. The van der Waals surface area contributed by atoms with E-state index in [9.17, 15) is 9.90 Å². The summed E-state index contributed by atoms with van der Waals surface area (Å²) in [5.41, 5.74) is 2.79. The van der Waals surface area contributed by atoms with Gasteiger partial charge in [-0.3, -0.25) is 4.79 Å². The molecule has 0 heterocycles. The quantitative estimate of drug-likeness (QED) is 0.874. The summed E-state index contributed by atoms with van der Waals surface area (Å²) >= 11 is 0. The third-order valence-electron chi connectivity index (χ3n) is 4.37. The Morgan fingerprint density at radius 1 is 1.09 bits per heavy atom. The molecule has 1 aliphatic carbocycles. The summed E-state index contributed by atoms with van der Waals surface area (Å²) < 4.78 is 0. The maximum absolute atomic E-state index is 11.9. The molecular formula is C20H31NO2. The van der Waals surface area contributed by atoms with Crippen LogP contribution in [-0.4, -0.2) is 17.1 Å². The van der Waals surface area contributed by atoms with Gasteiger partial charge in [-0.2, -0.15) is 0 Å². The number of amides is 1. The largest absolute Gasteiger partial charge is 0.507 e. The Morgan fingerprint density at radius 2 is 1.57 bits per heavy atom. The highest BCUT2D eigenvalue weighted by Crippen LogP contribution is 2.39. The minimum atomic E-state index is -0.129. The summed E-state index contributed by atoms with van der Waals surface area (Å²) in [5.74, 6) is 0.534. The predicted molar refractivity (Wildman–Crippen MR) is 95.0 cm³/mol. The highest BCUT2D eigenvalue weighted by molar-refractivity contribution is 5.76. The van der Waals surface area contributed by atoms with Crippen LogP contribution in [0.4, 0.5) is 0 Å². The molecule has 1 aromatic rings. The van der Waals surface area contributed by atoms with Crippen molar-refractivity contribution >= 4 is 5.91 Å². The normalized spacial score (nSPS) is 15.6. The van der Waals surface area contributed by atoms with E-state index >= 15 is 0 Å². The first kappa shape index (κ1) is 17.8. The summed E-state index contributed by atoms with van der Waals surface area (Å²) in [6.45, 7) is 12.7. The molecule has 23 heavy (non-hydrogen) atoms. The molecule has 0 unspecified atom stereocenters. The van der Waals surface area contributed by atoms with Crippen LogP contribution in [0.1, 0.15) is 77.5 Å². The lowest BCUT2D eigenvalue weighted by Gasteiger charge is -2.28. The van der Waals surface area contributed by atoms with E-state index in [-0.39, 0.29) is 16.7 Å². The summed E-state index contributed by atoms with van der Waals surface area (Å²) in [4.78, 5) is 11.9. The van der Waals surface area contributed by atoms with Gasteiger partial charge in [-0.15, -0.1) is 0 Å². The zero-order chi connectivity index (χ0) is 17.4. The van der Waals surface area contributed by atoms with Crippen LogP contribution < -0.4 is 5.32 Å². The molecule has 128 valence electrons. The van der Waals surface area contributed by atoms with Crippen LogP contribution in [0.15, 0.2) is 12.1 Å². The molecule has 0 saturated heterocycles. The van der Waals surface area contributed by atoms with E-state index in [1.165, 1.54) is 0 Å². The first-order valence-corrected chi connectivity index (χ1v) is 8.64. The van der Waals surface area contributed by atoms with E-state index in [0.29, 0.717) is 24.6 Å². The third-order valence-corrected chi connectivity index (χ3v) is 4.37. The van der Waals surface area contributed by atoms with Crippen molar-refractivity contribution in [2.75, 3.05) is 0 Å². The van der Waals surface area contributed by atoms with E-state index in [1.54, 1.807) is 0 Å². The Balaban J connectivity index is 2.26. The zero-order valence-corrected chi connectivity index (χ0v) is 15.4. The molecule has 0 aliphatic heterocycles. The van der Waals surface area contributed by atoms with Gasteiger partial charge >= 0.3 is 0 Å². The van der Waals surface area contributed by atoms with Crippen molar-refractivity contribution < 1.29 is 9.90 Å². The van der Waals surface area contributed by atoms with Crippen LogP contribution in [-0.2, 0) is 22.0 Å². The highest BCUT2D eigenvalue weighted by atomic mass is 16.3. The Labute approximate surface area is 140 Å². The molecule has 1 aromatic carbocycles. The van der Waals surface area contributed by atoms with E-state index in [1.807, 2.05) is 0 Å². The second-order valence-electron chi connectivity index (χ2n) is 8.88. The lowest BCUT2D eigenvalue weighted by Crippen LogP contribution is -2.25. The number of phenols is 1. The molecule has 1 fully saturated rings. The Morgan fingerprint density at radius 3 is 1.96 bits per heavy atom. The molecule has 0 atom stereocenters. The van der Waals surface area contributed by atoms with Gasteiger partial charge in [-0.25, -0.2) is 0 Å². The number of rotatable bonds is 4. The van der Waals surface area contributed by atoms with Crippen LogP contribution in [0.2, 0.25) is 0 Å². The summed E-state index contributed by atoms with van der Waals surface area (Å²) in [6.07, 6.45) is 3.46. The minimum Gasteiger partial charge on any atom is -0.507 e. The van der Waals surface area contributed by atoms with Crippen molar-refractivity contribution in [3.05, 3.63) is 28.8 Å². The van der Waals surface area contributed by atoms with Gasteiger partial charge in [0.15, 0.2) is 0 Å². The van der Waals surface area contributed by atoms with Gasteiger partial charge < -0.3 is 10.4 Å². The van der Waals surface area contributed by atoms with Crippen LogP contribution in [0, 0.1) is 0 Å². The molecule has 3 heteroatoms. The van der Waals surface area contributed by atoms with Gasteiger partial charge in [0.2, 0.25) is 5.91 Å². The SMILES string of the molecule is CC(C)(C)c1cc(CCC(=O)NC2CC2)cc(C(C)(C)C)c1O. The maximum Gasteiger partial charge on any atom is 0.220 e. The fraction of sp³-hybridized carbons (Fsp3) is 0.650. The number of aryl methyl sites for hydroxylation is 1. The molecule has 1 aliphatic rings. The van der Waals surface area contributed by atoms with Gasteiger partial charge in [-0.05, 0) is 46.8 Å². The van der Waals surface area contributed by atoms with Crippen molar-refractivity contribution in [3.63, 3.8) is 0 Å². The third kappa shape index (κ3) is 4.73. The standard InChI is InChI=1S/C20H31NO2/c1-19(2,3)15-11-13(7-10-17(22)21-14-8-9-14)12-16(18(15)23)20(4,5)6/h11-12,14,23H,7-10H2,1-6H3,(H,21,22). The van der Waals surface area contributed by atoms with Gasteiger partial charge in [0.25, 0.3) is 0 Å². The Kier molecular flexibility index (Phi) is 4.79. The maximum atomic E-state index is 11.9. The second kappa shape index (κ2) is 6.18. The number of hydrogen-bond acceptors (Lipinski definition) is 2. The van der Waals surface area contributed by atoms with Crippen LogP contribution in [0.5, 0.6) is 5.75 Å². The number of hydrogen-bond donors (Lipinski definition) is 2. The van der Waals surface area contributed by atoms with Crippen molar-refractivity contribution in [1.29, 1.82) is 0 Å². The van der Waals surface area contributed by atoms with Gasteiger partial charge in [0, 0.05) is 12.5 Å². The first-order chi connectivity index (χ1) is 10.5. The lowest BCUT2D eigenvalue weighted by atomic mass is 9.78. The van der Waals surface area contributed by atoms with Crippen LogP contribution in [0.25, 0.3) is 0 Å². The van der Waals surface area contributed by atoms with Crippen LogP contribution in [0.3, 0.4) is 0 Å². The predicted octanol–water partition coefficient (Wildman–Crippen LogP) is 4.20. The fourth-order valence-electron chi connectivity index (χ4n) is 2.77. The summed E-state index contributed by atoms with van der Waals surface area (Å²) in [7, 11) is 0. The Hall–Kier alpha value is -1.51. The number of aromatic hydroxyl groups is 1. The minimum absolute atomic E-state index is 0.129. The van der Waals surface area contributed by atoms with Crippen LogP contribution >= 0.6 is 0 Å². The van der Waals surface area contributed by atoms with Crippen molar-refractivity contribution in [2.45, 2.75) is 84.1 Å². The molecule has 0 spiro atoms. The molecule has 2 N–H and O–H groups in total. The number of phenolic OH excluding ortho intramolecular Hbond substituents is 1. The molecule has 0 radical (unpaired) electrons. The number of carbonyl (C=O) groups is 1. The summed E-state index contributed by atoms with van der Waals surface area (Å²) in [6, 6.07) is 4.54. The van der Waals surface area contributed by atoms with E-state index in [0.717, 1.165) is 29.5 Å². The van der Waals surface area contributed by atoms with Gasteiger partial charge in [0.1, 0.15) is 5.75 Å². The molecule has 0 bridgehead atoms.